The van der Waals surface area contributed by atoms with Gasteiger partial charge in [0.2, 0.25) is 0 Å². The van der Waals surface area contributed by atoms with E-state index in [1.54, 1.807) is 13.3 Å². The van der Waals surface area contributed by atoms with Crippen molar-refractivity contribution in [2.45, 2.75) is 38.3 Å². The predicted molar refractivity (Wildman–Crippen MR) is 69.3 cm³/mol. The largest absolute Gasteiger partial charge is 0.377 e. The zero-order chi connectivity index (χ0) is 12.2. The van der Waals surface area contributed by atoms with E-state index >= 15 is 0 Å². The van der Waals surface area contributed by atoms with Gasteiger partial charge in [-0.3, -0.25) is 4.98 Å². The van der Waals surface area contributed by atoms with Crippen molar-refractivity contribution >= 4 is 15.9 Å². The molecule has 0 aliphatic carbocycles. The molecular formula is C12H19BrN2O. The van der Waals surface area contributed by atoms with Gasteiger partial charge in [0.1, 0.15) is 0 Å². The summed E-state index contributed by atoms with van der Waals surface area (Å²) >= 11 is 3.36. The molecule has 1 aromatic rings. The zero-order valence-corrected chi connectivity index (χ0v) is 11.6. The minimum Gasteiger partial charge on any atom is -0.377 e. The van der Waals surface area contributed by atoms with Crippen LogP contribution in [0.2, 0.25) is 0 Å². The number of hydrogen-bond donors (Lipinski definition) is 1. The molecule has 90 valence electrons. The Hall–Kier alpha value is -0.450. The molecule has 0 aliphatic rings. The highest BCUT2D eigenvalue weighted by Gasteiger charge is 2.29. The smallest absolute Gasteiger partial charge is 0.0802 e. The number of nitrogens with zero attached hydrogens (tertiary/aromatic N) is 1. The monoisotopic (exact) mass is 286 g/mol. The number of ether oxygens (including phenoxy) is 1. The first-order valence-corrected chi connectivity index (χ1v) is 6.22. The zero-order valence-electron chi connectivity index (χ0n) is 10.0. The Balaban J connectivity index is 2.70. The third-order valence-electron chi connectivity index (χ3n) is 3.17. The molecule has 0 radical (unpaired) electrons. The van der Waals surface area contributed by atoms with E-state index in [-0.39, 0.29) is 11.6 Å². The lowest BCUT2D eigenvalue weighted by Crippen LogP contribution is -2.48. The molecule has 0 amide bonds. The molecule has 0 aromatic carbocycles. The van der Waals surface area contributed by atoms with E-state index in [4.69, 9.17) is 10.5 Å². The van der Waals surface area contributed by atoms with Crippen LogP contribution in [0.15, 0.2) is 22.8 Å². The van der Waals surface area contributed by atoms with Crippen LogP contribution in [-0.4, -0.2) is 23.7 Å². The third kappa shape index (κ3) is 3.27. The van der Waals surface area contributed by atoms with Crippen LogP contribution in [0.4, 0.5) is 0 Å². The standard InChI is InChI=1S/C12H19BrN2O/c1-4-12(2,16-3)11(14)7-10-6-5-9(13)8-15-10/h5-6,8,11H,4,7,14H2,1-3H3. The first-order chi connectivity index (χ1) is 7.51. The molecule has 0 aliphatic heterocycles. The number of rotatable bonds is 5. The van der Waals surface area contributed by atoms with Crippen molar-refractivity contribution in [1.82, 2.24) is 4.98 Å². The summed E-state index contributed by atoms with van der Waals surface area (Å²) in [6.07, 6.45) is 3.41. The Morgan fingerprint density at radius 1 is 1.56 bits per heavy atom. The maximum atomic E-state index is 6.17. The second kappa shape index (κ2) is 5.75. The van der Waals surface area contributed by atoms with Crippen LogP contribution >= 0.6 is 15.9 Å². The Labute approximate surface area is 106 Å². The Morgan fingerprint density at radius 3 is 2.69 bits per heavy atom. The van der Waals surface area contributed by atoms with E-state index in [0.29, 0.717) is 0 Å². The van der Waals surface area contributed by atoms with Crippen LogP contribution in [0.5, 0.6) is 0 Å². The summed E-state index contributed by atoms with van der Waals surface area (Å²) in [5, 5.41) is 0. The lowest BCUT2D eigenvalue weighted by Gasteiger charge is -2.33. The lowest BCUT2D eigenvalue weighted by atomic mass is 9.90. The van der Waals surface area contributed by atoms with Crippen molar-refractivity contribution in [3.8, 4) is 0 Å². The normalized spacial score (nSPS) is 16.8. The molecular weight excluding hydrogens is 268 g/mol. The van der Waals surface area contributed by atoms with Crippen LogP contribution < -0.4 is 5.73 Å². The molecule has 0 bridgehead atoms. The number of pyridine rings is 1. The molecule has 1 heterocycles. The molecule has 0 saturated carbocycles. The fourth-order valence-electron chi connectivity index (χ4n) is 1.53. The summed E-state index contributed by atoms with van der Waals surface area (Å²) in [5.74, 6) is 0. The van der Waals surface area contributed by atoms with E-state index in [9.17, 15) is 0 Å². The van der Waals surface area contributed by atoms with Gasteiger partial charge < -0.3 is 10.5 Å². The van der Waals surface area contributed by atoms with Gasteiger partial charge in [0.05, 0.1) is 5.60 Å². The van der Waals surface area contributed by atoms with E-state index in [2.05, 4.69) is 27.8 Å². The van der Waals surface area contributed by atoms with Gasteiger partial charge >= 0.3 is 0 Å². The molecule has 2 unspecified atom stereocenters. The van der Waals surface area contributed by atoms with Crippen molar-refractivity contribution in [1.29, 1.82) is 0 Å². The molecule has 3 nitrogen and oxygen atoms in total. The van der Waals surface area contributed by atoms with Gasteiger partial charge in [-0.05, 0) is 41.4 Å². The molecule has 4 heteroatoms. The van der Waals surface area contributed by atoms with Gasteiger partial charge in [0.15, 0.2) is 0 Å². The molecule has 0 saturated heterocycles. The van der Waals surface area contributed by atoms with Crippen LogP contribution in [0.1, 0.15) is 26.0 Å². The van der Waals surface area contributed by atoms with Crippen molar-refractivity contribution < 1.29 is 4.74 Å². The van der Waals surface area contributed by atoms with E-state index in [1.165, 1.54) is 0 Å². The minimum atomic E-state index is -0.283. The SMILES string of the molecule is CCC(C)(OC)C(N)Cc1ccc(Br)cn1. The van der Waals surface area contributed by atoms with Gasteiger partial charge in [-0.2, -0.15) is 0 Å². The molecule has 2 atom stereocenters. The molecule has 1 aromatic heterocycles. The van der Waals surface area contributed by atoms with Gasteiger partial charge in [0, 0.05) is 35.9 Å². The van der Waals surface area contributed by atoms with Crippen molar-refractivity contribution in [2.75, 3.05) is 7.11 Å². The molecule has 1 rings (SSSR count). The van der Waals surface area contributed by atoms with Crippen LogP contribution in [-0.2, 0) is 11.2 Å². The highest BCUT2D eigenvalue weighted by molar-refractivity contribution is 9.10. The predicted octanol–water partition coefficient (Wildman–Crippen LogP) is 2.53. The maximum Gasteiger partial charge on any atom is 0.0802 e. The topological polar surface area (TPSA) is 48.1 Å². The average molecular weight is 287 g/mol. The number of aromatic nitrogens is 1. The first kappa shape index (κ1) is 13.6. The van der Waals surface area contributed by atoms with E-state index in [0.717, 1.165) is 23.0 Å². The van der Waals surface area contributed by atoms with Crippen molar-refractivity contribution in [3.63, 3.8) is 0 Å². The van der Waals surface area contributed by atoms with Gasteiger partial charge in [-0.1, -0.05) is 6.92 Å². The van der Waals surface area contributed by atoms with Crippen molar-refractivity contribution in [3.05, 3.63) is 28.5 Å². The second-order valence-corrected chi connectivity index (χ2v) is 5.06. The van der Waals surface area contributed by atoms with Crippen LogP contribution in [0, 0.1) is 0 Å². The fraction of sp³-hybridized carbons (Fsp3) is 0.583. The molecule has 2 N–H and O–H groups in total. The van der Waals surface area contributed by atoms with Gasteiger partial charge in [-0.25, -0.2) is 0 Å². The quantitative estimate of drug-likeness (QED) is 0.905. The average Bonchev–Trinajstić information content (AvgIpc) is 2.31. The van der Waals surface area contributed by atoms with E-state index in [1.807, 2.05) is 19.1 Å². The third-order valence-corrected chi connectivity index (χ3v) is 3.64. The molecule has 0 spiro atoms. The number of methoxy groups -OCH3 is 1. The Kier molecular flexibility index (Phi) is 4.89. The maximum absolute atomic E-state index is 6.17. The fourth-order valence-corrected chi connectivity index (χ4v) is 1.76. The lowest BCUT2D eigenvalue weighted by molar-refractivity contribution is -0.0186. The summed E-state index contributed by atoms with van der Waals surface area (Å²) < 4.78 is 6.46. The summed E-state index contributed by atoms with van der Waals surface area (Å²) in [5.41, 5.74) is 6.88. The highest BCUT2D eigenvalue weighted by Crippen LogP contribution is 2.20. The Bertz CT molecular complexity index is 322. The Morgan fingerprint density at radius 2 is 2.25 bits per heavy atom. The number of halogens is 1. The van der Waals surface area contributed by atoms with Crippen LogP contribution in [0.3, 0.4) is 0 Å². The number of nitrogens with two attached hydrogens (primary N) is 1. The summed E-state index contributed by atoms with van der Waals surface area (Å²) in [4.78, 5) is 4.32. The summed E-state index contributed by atoms with van der Waals surface area (Å²) in [7, 11) is 1.71. The first-order valence-electron chi connectivity index (χ1n) is 5.43. The summed E-state index contributed by atoms with van der Waals surface area (Å²) in [6.45, 7) is 4.12. The van der Waals surface area contributed by atoms with Crippen molar-refractivity contribution in [2.24, 2.45) is 5.73 Å². The van der Waals surface area contributed by atoms with Gasteiger partial charge in [0.25, 0.3) is 0 Å². The highest BCUT2D eigenvalue weighted by atomic mass is 79.9. The summed E-state index contributed by atoms with van der Waals surface area (Å²) in [6, 6.07) is 3.91. The van der Waals surface area contributed by atoms with E-state index < -0.39 is 0 Å². The van der Waals surface area contributed by atoms with Gasteiger partial charge in [-0.15, -0.1) is 0 Å². The number of hydrogen-bond acceptors (Lipinski definition) is 3. The van der Waals surface area contributed by atoms with Crippen LogP contribution in [0.25, 0.3) is 0 Å². The molecule has 16 heavy (non-hydrogen) atoms. The minimum absolute atomic E-state index is 0.0452. The second-order valence-electron chi connectivity index (χ2n) is 4.15. The molecule has 0 fully saturated rings.